The highest BCUT2D eigenvalue weighted by Crippen LogP contribution is 2.05. The quantitative estimate of drug-likeness (QED) is 0.549. The molecule has 0 aliphatic carbocycles. The first-order valence-electron chi connectivity index (χ1n) is 3.74. The normalized spacial score (nSPS) is 9.83. The minimum absolute atomic E-state index is 0.0928. The van der Waals surface area contributed by atoms with Crippen LogP contribution < -0.4 is 5.73 Å². The Morgan fingerprint density at radius 3 is 2.33 bits per heavy atom. The molecule has 2 nitrogen and oxygen atoms in total. The van der Waals surface area contributed by atoms with Gasteiger partial charge < -0.3 is 5.73 Å². The molecule has 0 saturated heterocycles. The van der Waals surface area contributed by atoms with Crippen molar-refractivity contribution in [1.82, 2.24) is 0 Å². The molecule has 0 fully saturated rings. The number of nitrogens with two attached hydrogens (primary N) is 1. The van der Waals surface area contributed by atoms with Gasteiger partial charge in [0.2, 0.25) is 0 Å². The monoisotopic (exact) mass is 176 g/mol. The third-order valence-corrected chi connectivity index (χ3v) is 1.99. The molecular weight excluding hydrogens is 166 g/mol. The van der Waals surface area contributed by atoms with Crippen LogP contribution in [0.5, 0.6) is 0 Å². The van der Waals surface area contributed by atoms with Crippen molar-refractivity contribution in [3.8, 4) is 0 Å². The summed E-state index contributed by atoms with van der Waals surface area (Å²) in [7, 11) is 3.16. The number of benzene rings is 1. The van der Waals surface area contributed by atoms with Crippen LogP contribution in [0.1, 0.15) is 15.9 Å². The largest absolute Gasteiger partial charge is 0.326 e. The predicted octanol–water partition coefficient (Wildman–Crippen LogP) is 0.915. The van der Waals surface area contributed by atoms with E-state index in [2.05, 4.69) is 10.2 Å². The van der Waals surface area contributed by atoms with Crippen molar-refractivity contribution in [2.24, 2.45) is 5.73 Å². The summed E-state index contributed by atoms with van der Waals surface area (Å²) >= 11 is 0. The van der Waals surface area contributed by atoms with Crippen LogP contribution in [0.15, 0.2) is 24.3 Å². The standard InChI is InChI=1S/C9H10NOSi/c10-5-7-1-3-8(4-2-7)9(11)6-12/h1-4H,5-6,10H2. The van der Waals surface area contributed by atoms with Gasteiger partial charge in [0.25, 0.3) is 0 Å². The molecule has 0 aliphatic heterocycles. The smallest absolute Gasteiger partial charge is 0.159 e. The molecular formula is C9H10NOSi. The van der Waals surface area contributed by atoms with Crippen LogP contribution in [0, 0.1) is 0 Å². The predicted molar refractivity (Wildman–Crippen MR) is 49.2 cm³/mol. The maximum Gasteiger partial charge on any atom is 0.159 e. The zero-order chi connectivity index (χ0) is 8.97. The van der Waals surface area contributed by atoms with Crippen LogP contribution in [-0.2, 0) is 6.54 Å². The minimum Gasteiger partial charge on any atom is -0.326 e. The van der Waals surface area contributed by atoms with E-state index in [-0.39, 0.29) is 5.78 Å². The SMILES string of the molecule is NCc1ccc(C(=O)C[Si])cc1. The van der Waals surface area contributed by atoms with Gasteiger partial charge in [-0.1, -0.05) is 24.3 Å². The molecule has 0 atom stereocenters. The van der Waals surface area contributed by atoms with E-state index >= 15 is 0 Å². The van der Waals surface area contributed by atoms with Gasteiger partial charge in [0, 0.05) is 22.4 Å². The van der Waals surface area contributed by atoms with Crippen LogP contribution in [0.4, 0.5) is 0 Å². The van der Waals surface area contributed by atoms with Gasteiger partial charge in [-0.25, -0.2) is 0 Å². The average Bonchev–Trinajstić information content (AvgIpc) is 2.17. The molecule has 3 radical (unpaired) electrons. The number of carbonyl (C=O) groups excluding carboxylic acids is 1. The van der Waals surface area contributed by atoms with Crippen LogP contribution in [0.25, 0.3) is 0 Å². The summed E-state index contributed by atoms with van der Waals surface area (Å²) in [6, 6.07) is 7.70. The van der Waals surface area contributed by atoms with Crippen LogP contribution in [0.2, 0.25) is 6.04 Å². The molecule has 0 amide bonds. The summed E-state index contributed by atoms with van der Waals surface area (Å²) in [5.41, 5.74) is 7.18. The molecule has 0 saturated carbocycles. The van der Waals surface area contributed by atoms with E-state index in [1.54, 1.807) is 12.1 Å². The second-order valence-corrected chi connectivity index (χ2v) is 2.85. The molecule has 12 heavy (non-hydrogen) atoms. The molecule has 1 rings (SSSR count). The summed E-state index contributed by atoms with van der Waals surface area (Å²) in [6.07, 6.45) is 0. The van der Waals surface area contributed by atoms with Crippen molar-refractivity contribution in [1.29, 1.82) is 0 Å². The number of ketones is 1. The summed E-state index contributed by atoms with van der Waals surface area (Å²) < 4.78 is 0. The van der Waals surface area contributed by atoms with E-state index in [0.717, 1.165) is 11.1 Å². The van der Waals surface area contributed by atoms with Crippen molar-refractivity contribution >= 4 is 16.0 Å². The van der Waals surface area contributed by atoms with Gasteiger partial charge in [-0.2, -0.15) is 0 Å². The summed E-state index contributed by atoms with van der Waals surface area (Å²) in [5, 5.41) is 0. The first-order chi connectivity index (χ1) is 5.77. The summed E-state index contributed by atoms with van der Waals surface area (Å²) in [5.74, 6) is 0.0928. The lowest BCUT2D eigenvalue weighted by molar-refractivity contribution is 0.101. The third kappa shape index (κ3) is 2.03. The van der Waals surface area contributed by atoms with Crippen LogP contribution in [0.3, 0.4) is 0 Å². The lowest BCUT2D eigenvalue weighted by Gasteiger charge is -1.99. The maximum absolute atomic E-state index is 11.1. The van der Waals surface area contributed by atoms with E-state index in [4.69, 9.17) is 5.73 Å². The van der Waals surface area contributed by atoms with Crippen molar-refractivity contribution in [3.63, 3.8) is 0 Å². The minimum atomic E-state index is 0.0928. The Morgan fingerprint density at radius 2 is 1.92 bits per heavy atom. The number of hydrogen-bond acceptors (Lipinski definition) is 2. The molecule has 0 aliphatic rings. The highest BCUT2D eigenvalue weighted by Gasteiger charge is 2.00. The molecule has 2 N–H and O–H groups in total. The van der Waals surface area contributed by atoms with E-state index in [1.165, 1.54) is 0 Å². The first kappa shape index (κ1) is 9.16. The molecule has 1 aromatic carbocycles. The van der Waals surface area contributed by atoms with Gasteiger partial charge in [0.05, 0.1) is 0 Å². The zero-order valence-electron chi connectivity index (χ0n) is 6.71. The Morgan fingerprint density at radius 1 is 1.33 bits per heavy atom. The Hall–Kier alpha value is -0.933. The molecule has 61 valence electrons. The van der Waals surface area contributed by atoms with Gasteiger partial charge in [-0.05, 0) is 11.6 Å². The van der Waals surface area contributed by atoms with Crippen LogP contribution in [-0.4, -0.2) is 16.0 Å². The molecule has 0 bridgehead atoms. The third-order valence-electron chi connectivity index (χ3n) is 1.67. The van der Waals surface area contributed by atoms with E-state index < -0.39 is 0 Å². The number of Topliss-reactive ketones (excluding diaryl/α,β-unsaturated/α-hetero) is 1. The van der Waals surface area contributed by atoms with Crippen molar-refractivity contribution in [3.05, 3.63) is 35.4 Å². The molecule has 0 unspecified atom stereocenters. The fourth-order valence-corrected chi connectivity index (χ4v) is 1.13. The Kier molecular flexibility index (Phi) is 3.19. The van der Waals surface area contributed by atoms with Crippen LogP contribution >= 0.6 is 0 Å². The molecule has 1 aromatic rings. The van der Waals surface area contributed by atoms with E-state index in [1.807, 2.05) is 12.1 Å². The van der Waals surface area contributed by atoms with Crippen molar-refractivity contribution in [2.75, 3.05) is 0 Å². The Balaban J connectivity index is 2.84. The molecule has 3 heteroatoms. The number of hydrogen-bond donors (Lipinski definition) is 1. The molecule has 0 spiro atoms. The van der Waals surface area contributed by atoms with Gasteiger partial charge in [-0.15, -0.1) is 0 Å². The zero-order valence-corrected chi connectivity index (χ0v) is 7.71. The molecule has 0 heterocycles. The Labute approximate surface area is 75.2 Å². The van der Waals surface area contributed by atoms with Gasteiger partial charge >= 0.3 is 0 Å². The summed E-state index contributed by atoms with van der Waals surface area (Å²) in [6.45, 7) is 0.516. The molecule has 0 aromatic heterocycles. The fourth-order valence-electron chi connectivity index (χ4n) is 0.929. The van der Waals surface area contributed by atoms with Gasteiger partial charge in [-0.3, -0.25) is 4.79 Å². The van der Waals surface area contributed by atoms with Gasteiger partial charge in [0.1, 0.15) is 0 Å². The first-order valence-corrected chi connectivity index (χ1v) is 4.45. The van der Waals surface area contributed by atoms with E-state index in [0.29, 0.717) is 12.6 Å². The summed E-state index contributed by atoms with van der Waals surface area (Å²) in [4.78, 5) is 11.1. The maximum atomic E-state index is 11.1. The number of carbonyl (C=O) groups is 1. The van der Waals surface area contributed by atoms with E-state index in [9.17, 15) is 4.79 Å². The highest BCUT2D eigenvalue weighted by molar-refractivity contribution is 6.23. The number of rotatable bonds is 3. The lowest BCUT2D eigenvalue weighted by atomic mass is 10.1. The second kappa shape index (κ2) is 4.18. The van der Waals surface area contributed by atoms with Crippen molar-refractivity contribution < 1.29 is 4.79 Å². The fraction of sp³-hybridized carbons (Fsp3) is 0.222. The van der Waals surface area contributed by atoms with Gasteiger partial charge in [0.15, 0.2) is 5.78 Å². The second-order valence-electron chi connectivity index (χ2n) is 2.50. The average molecular weight is 176 g/mol. The lowest BCUT2D eigenvalue weighted by Crippen LogP contribution is -1.99. The topological polar surface area (TPSA) is 43.1 Å². The van der Waals surface area contributed by atoms with Crippen molar-refractivity contribution in [2.45, 2.75) is 12.6 Å². The Bertz CT molecular complexity index is 268. The highest BCUT2D eigenvalue weighted by atomic mass is 28.1.